The molecule has 0 radical (unpaired) electrons. The van der Waals surface area contributed by atoms with Crippen molar-refractivity contribution >= 4 is 28.1 Å². The zero-order valence-corrected chi connectivity index (χ0v) is 13.1. The first-order valence-electron chi connectivity index (χ1n) is 6.38. The number of hydrazone groups is 1. The molecule has 1 N–H and O–H groups in total. The van der Waals surface area contributed by atoms with Crippen LogP contribution in [0, 0.1) is 0 Å². The molecule has 2 aromatic rings. The molecule has 0 atom stereocenters. The molecule has 4 nitrogen and oxygen atoms in total. The molecule has 5 heteroatoms. The van der Waals surface area contributed by atoms with Crippen molar-refractivity contribution in [1.82, 2.24) is 5.43 Å². The van der Waals surface area contributed by atoms with Gasteiger partial charge in [0.1, 0.15) is 5.75 Å². The summed E-state index contributed by atoms with van der Waals surface area (Å²) in [5.41, 5.74) is 4.34. The van der Waals surface area contributed by atoms with Crippen molar-refractivity contribution in [2.45, 2.75) is 6.42 Å². The normalized spacial score (nSPS) is 10.6. The van der Waals surface area contributed by atoms with Crippen LogP contribution in [-0.2, 0) is 11.2 Å². The number of halogens is 1. The molecule has 1 amide bonds. The Kier molecular flexibility index (Phi) is 5.51. The fraction of sp³-hybridized carbons (Fsp3) is 0.125. The second kappa shape index (κ2) is 7.59. The smallest absolute Gasteiger partial charge is 0.244 e. The van der Waals surface area contributed by atoms with E-state index in [0.717, 1.165) is 21.3 Å². The van der Waals surface area contributed by atoms with Gasteiger partial charge in [-0.1, -0.05) is 28.1 Å². The van der Waals surface area contributed by atoms with E-state index in [2.05, 4.69) is 26.5 Å². The third-order valence-corrected chi connectivity index (χ3v) is 3.33. The molecule has 0 aliphatic rings. The second-order valence-electron chi connectivity index (χ2n) is 4.37. The molecule has 0 saturated heterocycles. The Morgan fingerprint density at radius 1 is 1.19 bits per heavy atom. The molecule has 0 aliphatic heterocycles. The third-order valence-electron chi connectivity index (χ3n) is 2.80. The molecule has 0 saturated carbocycles. The van der Waals surface area contributed by atoms with Gasteiger partial charge >= 0.3 is 0 Å². The van der Waals surface area contributed by atoms with E-state index in [0.29, 0.717) is 6.42 Å². The molecule has 0 heterocycles. The zero-order chi connectivity index (χ0) is 15.1. The summed E-state index contributed by atoms with van der Waals surface area (Å²) in [6.07, 6.45) is 1.89. The number of ether oxygens (including phenoxy) is 1. The van der Waals surface area contributed by atoms with E-state index < -0.39 is 0 Å². The van der Waals surface area contributed by atoms with Crippen LogP contribution < -0.4 is 10.2 Å². The number of carbonyl (C=O) groups is 1. The van der Waals surface area contributed by atoms with Gasteiger partial charge in [0.15, 0.2) is 0 Å². The Morgan fingerprint density at radius 2 is 1.86 bits per heavy atom. The Bertz CT molecular complexity index is 622. The summed E-state index contributed by atoms with van der Waals surface area (Å²) in [7, 11) is 1.62. The number of hydrogen-bond donors (Lipinski definition) is 1. The fourth-order valence-electron chi connectivity index (χ4n) is 1.70. The van der Waals surface area contributed by atoms with Gasteiger partial charge in [-0.3, -0.25) is 4.79 Å². The summed E-state index contributed by atoms with van der Waals surface area (Å²) >= 11 is 3.36. The topological polar surface area (TPSA) is 50.7 Å². The summed E-state index contributed by atoms with van der Waals surface area (Å²) < 4.78 is 6.06. The Morgan fingerprint density at radius 3 is 2.48 bits per heavy atom. The van der Waals surface area contributed by atoms with Crippen molar-refractivity contribution in [2.75, 3.05) is 7.11 Å². The first-order chi connectivity index (χ1) is 10.2. The highest BCUT2D eigenvalue weighted by Crippen LogP contribution is 2.11. The van der Waals surface area contributed by atoms with Gasteiger partial charge in [0.2, 0.25) is 5.91 Å². The van der Waals surface area contributed by atoms with Gasteiger partial charge in [-0.05, 0) is 47.5 Å². The predicted molar refractivity (Wildman–Crippen MR) is 86.6 cm³/mol. The number of nitrogens with zero attached hydrogens (tertiary/aromatic N) is 1. The summed E-state index contributed by atoms with van der Waals surface area (Å²) in [6, 6.07) is 15.0. The number of benzene rings is 2. The highest BCUT2D eigenvalue weighted by atomic mass is 79.9. The Labute approximate surface area is 132 Å². The van der Waals surface area contributed by atoms with E-state index in [9.17, 15) is 4.79 Å². The van der Waals surface area contributed by atoms with Gasteiger partial charge in [0.05, 0.1) is 19.7 Å². The maximum absolute atomic E-state index is 11.7. The Balaban J connectivity index is 1.85. The lowest BCUT2D eigenvalue weighted by Gasteiger charge is -2.01. The van der Waals surface area contributed by atoms with Crippen molar-refractivity contribution in [2.24, 2.45) is 5.10 Å². The van der Waals surface area contributed by atoms with Crippen molar-refractivity contribution in [3.05, 3.63) is 64.1 Å². The van der Waals surface area contributed by atoms with Gasteiger partial charge < -0.3 is 4.74 Å². The summed E-state index contributed by atoms with van der Waals surface area (Å²) in [4.78, 5) is 11.7. The number of hydrogen-bond acceptors (Lipinski definition) is 3. The Hall–Kier alpha value is -2.14. The van der Waals surface area contributed by atoms with Crippen LogP contribution in [0.5, 0.6) is 5.75 Å². The average molecular weight is 347 g/mol. The third kappa shape index (κ3) is 5.04. The van der Waals surface area contributed by atoms with Gasteiger partial charge in [-0.2, -0.15) is 5.10 Å². The van der Waals surface area contributed by atoms with Gasteiger partial charge in [-0.15, -0.1) is 0 Å². The molecule has 0 fully saturated rings. The van der Waals surface area contributed by atoms with E-state index in [4.69, 9.17) is 4.74 Å². The number of methoxy groups -OCH3 is 1. The van der Waals surface area contributed by atoms with Crippen molar-refractivity contribution in [3.8, 4) is 5.75 Å². The number of rotatable bonds is 5. The minimum atomic E-state index is -0.151. The first kappa shape index (κ1) is 15.3. The maximum Gasteiger partial charge on any atom is 0.244 e. The zero-order valence-electron chi connectivity index (χ0n) is 11.5. The average Bonchev–Trinajstić information content (AvgIpc) is 2.50. The van der Waals surface area contributed by atoms with Crippen molar-refractivity contribution in [3.63, 3.8) is 0 Å². The lowest BCUT2D eigenvalue weighted by Crippen LogP contribution is -2.19. The van der Waals surface area contributed by atoms with Crippen LogP contribution in [0.2, 0.25) is 0 Å². The number of amides is 1. The minimum absolute atomic E-state index is 0.151. The second-order valence-corrected chi connectivity index (χ2v) is 5.29. The fourth-order valence-corrected chi connectivity index (χ4v) is 1.96. The maximum atomic E-state index is 11.7. The highest BCUT2D eigenvalue weighted by molar-refractivity contribution is 9.10. The van der Waals surface area contributed by atoms with Crippen LogP contribution in [0.15, 0.2) is 58.1 Å². The molecular weight excluding hydrogens is 332 g/mol. The molecule has 0 bridgehead atoms. The van der Waals surface area contributed by atoms with Crippen molar-refractivity contribution < 1.29 is 9.53 Å². The van der Waals surface area contributed by atoms with Crippen LogP contribution in [0.1, 0.15) is 11.1 Å². The van der Waals surface area contributed by atoms with Gasteiger partial charge in [0.25, 0.3) is 0 Å². The van der Waals surface area contributed by atoms with Crippen LogP contribution in [0.4, 0.5) is 0 Å². The van der Waals surface area contributed by atoms with Crippen LogP contribution in [-0.4, -0.2) is 19.2 Å². The SMILES string of the molecule is COc1ccc(/C=N/NC(=O)Cc2ccc(Br)cc2)cc1. The van der Waals surface area contributed by atoms with E-state index in [1.54, 1.807) is 13.3 Å². The molecule has 2 aromatic carbocycles. The minimum Gasteiger partial charge on any atom is -0.497 e. The van der Waals surface area contributed by atoms with E-state index in [1.165, 1.54) is 0 Å². The molecular formula is C16H15BrN2O2. The predicted octanol–water partition coefficient (Wildman–Crippen LogP) is 3.15. The lowest BCUT2D eigenvalue weighted by atomic mass is 10.1. The standard InChI is InChI=1S/C16H15BrN2O2/c1-21-15-8-4-13(5-9-15)11-18-19-16(20)10-12-2-6-14(17)7-3-12/h2-9,11H,10H2,1H3,(H,19,20)/b18-11+. The number of carbonyl (C=O) groups excluding carboxylic acids is 1. The molecule has 21 heavy (non-hydrogen) atoms. The molecule has 0 aromatic heterocycles. The van der Waals surface area contributed by atoms with Crippen LogP contribution in [0.3, 0.4) is 0 Å². The largest absolute Gasteiger partial charge is 0.497 e. The molecule has 0 unspecified atom stereocenters. The summed E-state index contributed by atoms with van der Waals surface area (Å²) in [6.45, 7) is 0. The molecule has 0 aliphatic carbocycles. The van der Waals surface area contributed by atoms with Crippen molar-refractivity contribution in [1.29, 1.82) is 0 Å². The monoisotopic (exact) mass is 346 g/mol. The van der Waals surface area contributed by atoms with Gasteiger partial charge in [-0.25, -0.2) is 5.43 Å². The van der Waals surface area contributed by atoms with Gasteiger partial charge in [0, 0.05) is 4.47 Å². The van der Waals surface area contributed by atoms with E-state index >= 15 is 0 Å². The molecule has 108 valence electrons. The number of nitrogens with one attached hydrogen (secondary N) is 1. The summed E-state index contributed by atoms with van der Waals surface area (Å²) in [5, 5.41) is 3.94. The van der Waals surface area contributed by atoms with Crippen LogP contribution in [0.25, 0.3) is 0 Å². The first-order valence-corrected chi connectivity index (χ1v) is 7.17. The van der Waals surface area contributed by atoms with E-state index in [1.807, 2.05) is 48.5 Å². The summed E-state index contributed by atoms with van der Waals surface area (Å²) in [5.74, 6) is 0.633. The quantitative estimate of drug-likeness (QED) is 0.667. The lowest BCUT2D eigenvalue weighted by molar-refractivity contribution is -0.120. The molecule has 0 spiro atoms. The van der Waals surface area contributed by atoms with E-state index in [-0.39, 0.29) is 5.91 Å². The highest BCUT2D eigenvalue weighted by Gasteiger charge is 2.01. The van der Waals surface area contributed by atoms with Crippen LogP contribution >= 0.6 is 15.9 Å². The molecule has 2 rings (SSSR count).